The smallest absolute Gasteiger partial charge is 0.301 e. The molecule has 7 rings (SSSR count). The van der Waals surface area contributed by atoms with Gasteiger partial charge in [-0.2, -0.15) is 18.3 Å². The monoisotopic (exact) mass is 725 g/mol. The Balaban J connectivity index is 1.22. The SMILES string of the molecule is O=C(CSc1nc2nc(-c3cccs3)cc(C(F)(F)F)c2c(=O)[nH]1)N1N=C2/C(=C\c3cccc(Cl)c3)CCCC2C1c1ccc(Cl)cc1. The Labute approximate surface area is 290 Å². The summed E-state index contributed by atoms with van der Waals surface area (Å²) in [4.78, 5) is 38.4. The lowest BCUT2D eigenvalue weighted by Gasteiger charge is -2.29. The summed E-state index contributed by atoms with van der Waals surface area (Å²) in [6, 6.07) is 18.6. The highest BCUT2D eigenvalue weighted by molar-refractivity contribution is 7.99. The number of benzene rings is 2. The van der Waals surface area contributed by atoms with Crippen LogP contribution in [0.1, 0.15) is 42.0 Å². The number of aromatic amines is 1. The molecule has 1 aliphatic carbocycles. The summed E-state index contributed by atoms with van der Waals surface area (Å²) in [5.74, 6) is -0.617. The van der Waals surface area contributed by atoms with Crippen LogP contribution in [0.3, 0.4) is 0 Å². The number of alkyl halides is 3. The number of aromatic nitrogens is 3. The standard InChI is InChI=1S/C34H24Cl2F3N5O2S2/c35-21-11-9-19(10-12-21)30-23-7-2-5-20(14-18-4-1-6-22(36)15-18)29(23)43-44(30)27(45)17-48-33-41-31-28(32(46)42-33)24(34(37,38)39)16-25(40-31)26-8-3-13-47-26/h1,3-4,6,8-16,23,30H,2,5,7,17H2,(H,40,41,42,46)/b20-14-. The van der Waals surface area contributed by atoms with Gasteiger partial charge in [-0.1, -0.05) is 65.3 Å². The van der Waals surface area contributed by atoms with Gasteiger partial charge in [-0.25, -0.2) is 15.0 Å². The molecule has 2 atom stereocenters. The van der Waals surface area contributed by atoms with Crippen LogP contribution in [0, 0.1) is 5.92 Å². The van der Waals surface area contributed by atoms with Crippen molar-refractivity contribution >= 4 is 75.0 Å². The number of rotatable bonds is 6. The quantitative estimate of drug-likeness (QED) is 0.139. The molecule has 1 fully saturated rings. The third-order valence-corrected chi connectivity index (χ3v) is 10.5. The van der Waals surface area contributed by atoms with Crippen LogP contribution in [0.5, 0.6) is 0 Å². The largest absolute Gasteiger partial charge is 0.417 e. The summed E-state index contributed by atoms with van der Waals surface area (Å²) >= 11 is 14.5. The van der Waals surface area contributed by atoms with E-state index in [9.17, 15) is 22.8 Å². The van der Waals surface area contributed by atoms with Crippen LogP contribution < -0.4 is 5.56 Å². The zero-order valence-electron chi connectivity index (χ0n) is 24.8. The summed E-state index contributed by atoms with van der Waals surface area (Å²) < 4.78 is 42.1. The van der Waals surface area contributed by atoms with E-state index in [-0.39, 0.29) is 34.1 Å². The normalized spacial score (nSPS) is 18.7. The van der Waals surface area contributed by atoms with Crippen LogP contribution in [0.2, 0.25) is 10.0 Å². The van der Waals surface area contributed by atoms with Crippen molar-refractivity contribution in [1.82, 2.24) is 20.0 Å². The zero-order chi connectivity index (χ0) is 33.6. The summed E-state index contributed by atoms with van der Waals surface area (Å²) in [5, 5.41) is 8.56. The average molecular weight is 727 g/mol. The van der Waals surface area contributed by atoms with E-state index in [0.717, 1.165) is 59.5 Å². The minimum atomic E-state index is -4.81. The second-order valence-corrected chi connectivity index (χ2v) is 14.1. The van der Waals surface area contributed by atoms with E-state index >= 15 is 0 Å². The molecule has 1 saturated carbocycles. The number of H-pyrrole nitrogens is 1. The van der Waals surface area contributed by atoms with Gasteiger partial charge in [0.2, 0.25) is 0 Å². The minimum absolute atomic E-state index is 0.0290. The number of thioether (sulfide) groups is 1. The molecule has 5 aromatic rings. The van der Waals surface area contributed by atoms with E-state index in [0.29, 0.717) is 14.9 Å². The number of fused-ring (bicyclic) bond motifs is 2. The first-order chi connectivity index (χ1) is 23.0. The number of amides is 1. The molecule has 14 heteroatoms. The fraction of sp³-hybridized carbons (Fsp3) is 0.206. The summed E-state index contributed by atoms with van der Waals surface area (Å²) in [7, 11) is 0. The molecule has 0 spiro atoms. The van der Waals surface area contributed by atoms with Gasteiger partial charge in [0.25, 0.3) is 11.5 Å². The molecule has 0 radical (unpaired) electrons. The van der Waals surface area contributed by atoms with Crippen molar-refractivity contribution in [2.75, 3.05) is 5.75 Å². The van der Waals surface area contributed by atoms with E-state index in [2.05, 4.69) is 21.0 Å². The Morgan fingerprint density at radius 3 is 2.60 bits per heavy atom. The maximum absolute atomic E-state index is 14.0. The predicted molar refractivity (Wildman–Crippen MR) is 184 cm³/mol. The first kappa shape index (κ1) is 32.6. The molecule has 0 saturated heterocycles. The maximum Gasteiger partial charge on any atom is 0.417 e. The fourth-order valence-electron chi connectivity index (χ4n) is 6.16. The molecule has 2 aromatic carbocycles. The van der Waals surface area contributed by atoms with Gasteiger partial charge >= 0.3 is 6.18 Å². The molecule has 244 valence electrons. The van der Waals surface area contributed by atoms with Crippen molar-refractivity contribution in [1.29, 1.82) is 0 Å². The maximum atomic E-state index is 14.0. The molecule has 1 N–H and O–H groups in total. The number of halogens is 5. The summed E-state index contributed by atoms with van der Waals surface area (Å²) in [6.07, 6.45) is -0.257. The molecular formula is C34H24Cl2F3N5O2S2. The topological polar surface area (TPSA) is 91.3 Å². The number of nitrogens with one attached hydrogen (secondary N) is 1. The fourth-order valence-corrected chi connectivity index (χ4v) is 7.88. The van der Waals surface area contributed by atoms with Crippen LogP contribution in [0.25, 0.3) is 27.7 Å². The highest BCUT2D eigenvalue weighted by Gasteiger charge is 2.43. The van der Waals surface area contributed by atoms with Crippen LogP contribution in [-0.4, -0.2) is 37.3 Å². The van der Waals surface area contributed by atoms with E-state index in [1.807, 2.05) is 30.3 Å². The van der Waals surface area contributed by atoms with Crippen molar-refractivity contribution in [3.8, 4) is 10.6 Å². The third kappa shape index (κ3) is 6.54. The number of nitrogens with zero attached hydrogens (tertiary/aromatic N) is 4. The first-order valence-corrected chi connectivity index (χ1v) is 17.5. The number of hydrogen-bond donors (Lipinski definition) is 1. The first-order valence-electron chi connectivity index (χ1n) is 14.9. The highest BCUT2D eigenvalue weighted by atomic mass is 35.5. The summed E-state index contributed by atoms with van der Waals surface area (Å²) in [6.45, 7) is 0. The number of carbonyl (C=O) groups excluding carboxylic acids is 1. The van der Waals surface area contributed by atoms with Gasteiger partial charge in [0.1, 0.15) is 0 Å². The second kappa shape index (κ2) is 13.1. The van der Waals surface area contributed by atoms with Gasteiger partial charge in [-0.3, -0.25) is 9.59 Å². The highest BCUT2D eigenvalue weighted by Crippen LogP contribution is 2.45. The van der Waals surface area contributed by atoms with Crippen molar-refractivity contribution in [2.45, 2.75) is 36.6 Å². The van der Waals surface area contributed by atoms with Gasteiger partial charge in [-0.05, 0) is 83.8 Å². The molecule has 48 heavy (non-hydrogen) atoms. The minimum Gasteiger partial charge on any atom is -0.301 e. The van der Waals surface area contributed by atoms with E-state index in [1.165, 1.54) is 16.3 Å². The van der Waals surface area contributed by atoms with Gasteiger partial charge in [-0.15, -0.1) is 11.3 Å². The Morgan fingerprint density at radius 1 is 1.06 bits per heavy atom. The molecule has 1 aliphatic heterocycles. The number of hydrazone groups is 1. The van der Waals surface area contributed by atoms with Crippen LogP contribution >= 0.6 is 46.3 Å². The van der Waals surface area contributed by atoms with E-state index in [4.69, 9.17) is 28.3 Å². The lowest BCUT2D eigenvalue weighted by atomic mass is 9.77. The Kier molecular flexibility index (Phi) is 8.92. The van der Waals surface area contributed by atoms with Gasteiger partial charge in [0.15, 0.2) is 10.8 Å². The van der Waals surface area contributed by atoms with Crippen molar-refractivity contribution in [3.63, 3.8) is 0 Å². The van der Waals surface area contributed by atoms with Crippen LogP contribution in [0.4, 0.5) is 13.2 Å². The van der Waals surface area contributed by atoms with Crippen molar-refractivity contribution in [2.24, 2.45) is 11.0 Å². The predicted octanol–water partition coefficient (Wildman–Crippen LogP) is 9.29. The number of carbonyl (C=O) groups is 1. The Bertz CT molecular complexity index is 2150. The molecule has 2 unspecified atom stereocenters. The zero-order valence-corrected chi connectivity index (χ0v) is 27.9. The number of hydrogen-bond acceptors (Lipinski definition) is 7. The number of thiophene rings is 1. The lowest BCUT2D eigenvalue weighted by molar-refractivity contribution is -0.136. The molecule has 4 heterocycles. The van der Waals surface area contributed by atoms with E-state index < -0.39 is 28.7 Å². The Hall–Kier alpha value is -3.97. The molecular weight excluding hydrogens is 702 g/mol. The van der Waals surface area contributed by atoms with Gasteiger partial charge in [0.05, 0.1) is 39.0 Å². The van der Waals surface area contributed by atoms with Gasteiger partial charge < -0.3 is 4.98 Å². The van der Waals surface area contributed by atoms with Gasteiger partial charge in [0, 0.05) is 16.0 Å². The van der Waals surface area contributed by atoms with Crippen LogP contribution in [0.15, 0.2) is 92.7 Å². The molecule has 7 nitrogen and oxygen atoms in total. The molecule has 1 amide bonds. The van der Waals surface area contributed by atoms with Crippen molar-refractivity contribution in [3.05, 3.63) is 115 Å². The Morgan fingerprint density at radius 2 is 1.88 bits per heavy atom. The second-order valence-electron chi connectivity index (χ2n) is 11.3. The van der Waals surface area contributed by atoms with E-state index in [1.54, 1.807) is 35.7 Å². The lowest BCUT2D eigenvalue weighted by Crippen LogP contribution is -2.33. The molecule has 2 aliphatic rings. The molecule has 3 aromatic heterocycles. The average Bonchev–Trinajstić information content (AvgIpc) is 3.73. The van der Waals surface area contributed by atoms with Crippen LogP contribution in [-0.2, 0) is 11.0 Å². The number of allylic oxidation sites excluding steroid dienone is 1. The summed E-state index contributed by atoms with van der Waals surface area (Å²) in [5.41, 5.74) is 1.22. The third-order valence-electron chi connectivity index (χ3n) is 8.22. The molecule has 0 bridgehead atoms. The van der Waals surface area contributed by atoms with Crippen molar-refractivity contribution < 1.29 is 18.0 Å². The number of pyridine rings is 1.